The van der Waals surface area contributed by atoms with Crippen LogP contribution in [0.25, 0.3) is 0 Å². The molecular weight excluding hydrogens is 387 g/mol. The van der Waals surface area contributed by atoms with Gasteiger partial charge in [-0.15, -0.1) is 0 Å². The van der Waals surface area contributed by atoms with Crippen molar-refractivity contribution in [2.45, 2.75) is 32.2 Å². The summed E-state index contributed by atoms with van der Waals surface area (Å²) in [4.78, 5) is 27.2. The molecule has 0 saturated carbocycles. The maximum atomic E-state index is 13.1. The van der Waals surface area contributed by atoms with Gasteiger partial charge < -0.3 is 19.7 Å². The Labute approximate surface area is 175 Å². The fourth-order valence-corrected chi connectivity index (χ4v) is 3.90. The van der Waals surface area contributed by atoms with Gasteiger partial charge in [0, 0.05) is 13.1 Å². The lowest BCUT2D eigenvalue weighted by Crippen LogP contribution is -2.46. The van der Waals surface area contributed by atoms with Crippen molar-refractivity contribution in [1.82, 2.24) is 10.2 Å². The van der Waals surface area contributed by atoms with Crippen molar-refractivity contribution in [2.24, 2.45) is 5.92 Å². The van der Waals surface area contributed by atoms with Crippen LogP contribution in [0, 0.1) is 11.7 Å². The molecule has 0 aliphatic carbocycles. The van der Waals surface area contributed by atoms with E-state index in [1.807, 2.05) is 25.1 Å². The first-order chi connectivity index (χ1) is 14.5. The number of hydrogen-bond donors (Lipinski definition) is 1. The monoisotopic (exact) mass is 412 g/mol. The quantitative estimate of drug-likeness (QED) is 0.819. The molecule has 7 heteroatoms. The first-order valence-corrected chi connectivity index (χ1v) is 10.2. The third-order valence-corrected chi connectivity index (χ3v) is 5.67. The minimum atomic E-state index is -0.322. The number of carbonyl (C=O) groups excluding carboxylic acids is 2. The van der Waals surface area contributed by atoms with E-state index in [-0.39, 0.29) is 42.8 Å². The third kappa shape index (κ3) is 4.56. The zero-order valence-electron chi connectivity index (χ0n) is 16.9. The number of piperidine rings is 1. The van der Waals surface area contributed by atoms with E-state index in [4.69, 9.17) is 9.47 Å². The topological polar surface area (TPSA) is 67.9 Å². The smallest absolute Gasteiger partial charge is 0.231 e. The molecule has 2 aromatic rings. The molecule has 2 aromatic carbocycles. The van der Waals surface area contributed by atoms with Gasteiger partial charge in [-0.2, -0.15) is 0 Å². The van der Waals surface area contributed by atoms with E-state index < -0.39 is 0 Å². The van der Waals surface area contributed by atoms with Crippen LogP contribution in [-0.4, -0.2) is 36.6 Å². The Bertz CT molecular complexity index is 931. The van der Waals surface area contributed by atoms with Gasteiger partial charge in [-0.3, -0.25) is 9.59 Å². The number of ether oxygens (including phenoxy) is 2. The summed E-state index contributed by atoms with van der Waals surface area (Å²) in [7, 11) is 0. The van der Waals surface area contributed by atoms with E-state index in [9.17, 15) is 14.0 Å². The van der Waals surface area contributed by atoms with Gasteiger partial charge in [-0.25, -0.2) is 4.39 Å². The van der Waals surface area contributed by atoms with Crippen LogP contribution in [0.4, 0.5) is 4.39 Å². The molecule has 1 saturated heterocycles. The molecule has 2 amide bonds. The summed E-state index contributed by atoms with van der Waals surface area (Å²) in [6, 6.07) is 11.4. The molecule has 2 unspecified atom stereocenters. The Balaban J connectivity index is 1.33. The predicted molar refractivity (Wildman–Crippen MR) is 109 cm³/mol. The van der Waals surface area contributed by atoms with Gasteiger partial charge in [0.2, 0.25) is 18.6 Å². The highest BCUT2D eigenvalue weighted by atomic mass is 19.1. The van der Waals surface area contributed by atoms with E-state index >= 15 is 0 Å². The SMILES string of the molecule is CC(NC(=O)C1CCCN(C(=O)Cc2ccc(F)cc2)C1)c1ccc2c(c1)OCO2. The van der Waals surface area contributed by atoms with Crippen LogP contribution in [0.3, 0.4) is 0 Å². The van der Waals surface area contributed by atoms with Gasteiger partial charge in [0.1, 0.15) is 5.82 Å². The van der Waals surface area contributed by atoms with Crippen LogP contribution >= 0.6 is 0 Å². The van der Waals surface area contributed by atoms with E-state index in [1.165, 1.54) is 12.1 Å². The molecule has 2 aliphatic rings. The van der Waals surface area contributed by atoms with Gasteiger partial charge >= 0.3 is 0 Å². The summed E-state index contributed by atoms with van der Waals surface area (Å²) in [6.45, 7) is 3.18. The molecular formula is C23H25FN2O4. The normalized spacial score (nSPS) is 18.7. The van der Waals surface area contributed by atoms with Gasteiger partial charge in [0.05, 0.1) is 18.4 Å². The van der Waals surface area contributed by atoms with Crippen LogP contribution < -0.4 is 14.8 Å². The number of fused-ring (bicyclic) bond motifs is 1. The number of halogens is 1. The molecule has 1 N–H and O–H groups in total. The highest BCUT2D eigenvalue weighted by Gasteiger charge is 2.29. The number of nitrogens with zero attached hydrogens (tertiary/aromatic N) is 1. The molecule has 30 heavy (non-hydrogen) atoms. The van der Waals surface area contributed by atoms with Gasteiger partial charge in [-0.1, -0.05) is 18.2 Å². The fourth-order valence-electron chi connectivity index (χ4n) is 3.90. The Kier molecular flexibility index (Phi) is 5.88. The molecule has 2 heterocycles. The molecule has 4 rings (SSSR count). The predicted octanol–water partition coefficient (Wildman–Crippen LogP) is 3.21. The Hall–Kier alpha value is -3.09. The van der Waals surface area contributed by atoms with Crippen molar-refractivity contribution >= 4 is 11.8 Å². The molecule has 0 bridgehead atoms. The van der Waals surface area contributed by atoms with Crippen LogP contribution in [0.5, 0.6) is 11.5 Å². The summed E-state index contributed by atoms with van der Waals surface area (Å²) >= 11 is 0. The van der Waals surface area contributed by atoms with Crippen molar-refractivity contribution in [3.05, 3.63) is 59.4 Å². The summed E-state index contributed by atoms with van der Waals surface area (Å²) in [5.74, 6) is 0.732. The minimum absolute atomic E-state index is 0.0390. The average molecular weight is 412 g/mol. The second kappa shape index (κ2) is 8.73. The van der Waals surface area contributed by atoms with Crippen molar-refractivity contribution in [3.8, 4) is 11.5 Å². The van der Waals surface area contributed by atoms with Crippen LogP contribution in [-0.2, 0) is 16.0 Å². The van der Waals surface area contributed by atoms with Gasteiger partial charge in [-0.05, 0) is 55.2 Å². The lowest BCUT2D eigenvalue weighted by molar-refractivity contribution is -0.135. The number of hydrogen-bond acceptors (Lipinski definition) is 4. The fraction of sp³-hybridized carbons (Fsp3) is 0.391. The van der Waals surface area contributed by atoms with Crippen molar-refractivity contribution < 1.29 is 23.5 Å². The average Bonchev–Trinajstić information content (AvgIpc) is 3.23. The largest absolute Gasteiger partial charge is 0.454 e. The van der Waals surface area contributed by atoms with Gasteiger partial charge in [0.15, 0.2) is 11.5 Å². The zero-order valence-corrected chi connectivity index (χ0v) is 16.9. The Morgan fingerprint density at radius 1 is 1.17 bits per heavy atom. The first kappa shape index (κ1) is 20.2. The van der Waals surface area contributed by atoms with E-state index in [0.717, 1.165) is 24.0 Å². The number of amides is 2. The Morgan fingerprint density at radius 3 is 2.73 bits per heavy atom. The molecule has 0 spiro atoms. The maximum Gasteiger partial charge on any atom is 0.231 e. The van der Waals surface area contributed by atoms with Crippen molar-refractivity contribution in [2.75, 3.05) is 19.9 Å². The lowest BCUT2D eigenvalue weighted by atomic mass is 9.95. The van der Waals surface area contributed by atoms with Crippen LogP contribution in [0.2, 0.25) is 0 Å². The first-order valence-electron chi connectivity index (χ1n) is 10.2. The van der Waals surface area contributed by atoms with Crippen LogP contribution in [0.15, 0.2) is 42.5 Å². The van der Waals surface area contributed by atoms with Crippen LogP contribution in [0.1, 0.15) is 36.9 Å². The molecule has 2 atom stereocenters. The zero-order chi connectivity index (χ0) is 21.1. The van der Waals surface area contributed by atoms with E-state index in [1.54, 1.807) is 17.0 Å². The number of likely N-dealkylation sites (tertiary alicyclic amines) is 1. The van der Waals surface area contributed by atoms with Crippen molar-refractivity contribution in [3.63, 3.8) is 0 Å². The standard InChI is InChI=1S/C23H25FN2O4/c1-15(17-6-9-20-21(12-17)30-14-29-20)25-23(28)18-3-2-10-26(13-18)22(27)11-16-4-7-19(24)8-5-16/h4-9,12,15,18H,2-3,10-11,13-14H2,1H3,(H,25,28). The maximum absolute atomic E-state index is 13.1. The third-order valence-electron chi connectivity index (χ3n) is 5.67. The number of carbonyl (C=O) groups is 2. The van der Waals surface area contributed by atoms with E-state index in [0.29, 0.717) is 24.6 Å². The van der Waals surface area contributed by atoms with E-state index in [2.05, 4.69) is 5.32 Å². The molecule has 158 valence electrons. The second-order valence-corrected chi connectivity index (χ2v) is 7.83. The molecule has 0 radical (unpaired) electrons. The highest BCUT2D eigenvalue weighted by molar-refractivity contribution is 5.82. The molecule has 1 fully saturated rings. The molecule has 2 aliphatic heterocycles. The second-order valence-electron chi connectivity index (χ2n) is 7.83. The Morgan fingerprint density at radius 2 is 1.93 bits per heavy atom. The summed E-state index contributed by atoms with van der Waals surface area (Å²) in [5.41, 5.74) is 1.71. The molecule has 0 aromatic heterocycles. The van der Waals surface area contributed by atoms with Crippen molar-refractivity contribution in [1.29, 1.82) is 0 Å². The highest BCUT2D eigenvalue weighted by Crippen LogP contribution is 2.34. The summed E-state index contributed by atoms with van der Waals surface area (Å²) in [6.07, 6.45) is 1.74. The number of benzene rings is 2. The summed E-state index contributed by atoms with van der Waals surface area (Å²) < 4.78 is 23.8. The lowest BCUT2D eigenvalue weighted by Gasteiger charge is -2.33. The van der Waals surface area contributed by atoms with Gasteiger partial charge in [0.25, 0.3) is 0 Å². The minimum Gasteiger partial charge on any atom is -0.454 e. The number of nitrogens with one attached hydrogen (secondary N) is 1. The summed E-state index contributed by atoms with van der Waals surface area (Å²) in [5, 5.41) is 3.06. The molecule has 6 nitrogen and oxygen atoms in total. The number of rotatable bonds is 5.